The van der Waals surface area contributed by atoms with E-state index in [1.54, 1.807) is 28.4 Å². The Morgan fingerprint density at radius 3 is 0.794 bits per heavy atom. The summed E-state index contributed by atoms with van der Waals surface area (Å²) in [5, 5.41) is 0. The second-order valence-corrected chi connectivity index (χ2v) is 20.1. The Kier molecular flexibility index (Phi) is 8.54. The van der Waals surface area contributed by atoms with Gasteiger partial charge in [-0.2, -0.15) is 0 Å². The number of para-hydroxylation sites is 4. The third kappa shape index (κ3) is 4.24. The van der Waals surface area contributed by atoms with Gasteiger partial charge in [0.1, 0.15) is 0 Å². The van der Waals surface area contributed by atoms with Gasteiger partial charge in [-0.3, -0.25) is 0 Å². The van der Waals surface area contributed by atoms with Gasteiger partial charge in [-0.1, -0.05) is 0 Å². The summed E-state index contributed by atoms with van der Waals surface area (Å²) in [6.45, 7) is 0. The maximum absolute atomic E-state index is 5.97. The quantitative estimate of drug-likeness (QED) is 0.274. The molecular weight excluding hydrogens is 625 g/mol. The number of ether oxygens (including phenoxy) is 4. The van der Waals surface area contributed by atoms with Gasteiger partial charge in [0.2, 0.25) is 0 Å². The SMILES string of the molecule is COc1cccc[c]1[Bi]([c]1ccccc1OC)([c]1ccccc1OC)[c]1ccccc1OC.O. The fraction of sp³-hybridized carbons (Fsp3) is 0.143. The maximum Gasteiger partial charge on any atom is -0.412 e. The van der Waals surface area contributed by atoms with Gasteiger partial charge in [-0.05, 0) is 0 Å². The number of benzene rings is 4. The molecule has 0 unspecified atom stereocenters. The van der Waals surface area contributed by atoms with Crippen LogP contribution in [-0.2, 0) is 0 Å². The van der Waals surface area contributed by atoms with Crippen LogP contribution < -0.4 is 32.0 Å². The van der Waals surface area contributed by atoms with Crippen molar-refractivity contribution in [2.45, 2.75) is 0 Å². The molecule has 0 heterocycles. The van der Waals surface area contributed by atoms with Crippen molar-refractivity contribution in [3.8, 4) is 23.0 Å². The first-order chi connectivity index (χ1) is 16.2. The minimum absolute atomic E-state index is 0. The van der Waals surface area contributed by atoms with E-state index in [2.05, 4.69) is 48.5 Å². The molecule has 1 radical (unpaired) electrons. The first-order valence-corrected chi connectivity index (χ1v) is 17.6. The largest absolute Gasteiger partial charge is 0.412 e. The normalized spacial score (nSPS) is 10.7. The van der Waals surface area contributed by atoms with Crippen molar-refractivity contribution >= 4 is 33.4 Å². The van der Waals surface area contributed by atoms with E-state index in [1.807, 2.05) is 48.5 Å². The van der Waals surface area contributed by atoms with Crippen LogP contribution in [0.5, 0.6) is 23.0 Å². The van der Waals surface area contributed by atoms with Gasteiger partial charge in [0.05, 0.1) is 0 Å². The average molecular weight is 656 g/mol. The Morgan fingerprint density at radius 2 is 0.588 bits per heavy atom. The van der Waals surface area contributed by atoms with Crippen LogP contribution in [0, 0.1) is 0 Å². The smallest absolute Gasteiger partial charge is 0.412 e. The molecule has 2 N–H and O–H groups in total. The van der Waals surface area contributed by atoms with E-state index in [9.17, 15) is 0 Å². The molecule has 0 saturated carbocycles. The third-order valence-electron chi connectivity index (χ3n) is 5.79. The van der Waals surface area contributed by atoms with Crippen LogP contribution in [0.15, 0.2) is 97.1 Å². The summed E-state index contributed by atoms with van der Waals surface area (Å²) in [5.41, 5.74) is 0. The predicted molar refractivity (Wildman–Crippen MR) is 140 cm³/mol. The second kappa shape index (κ2) is 11.4. The molecule has 0 atom stereocenters. The Labute approximate surface area is 205 Å². The fourth-order valence-electron chi connectivity index (χ4n) is 4.41. The molecule has 0 aliphatic carbocycles. The van der Waals surface area contributed by atoms with E-state index in [1.165, 1.54) is 13.1 Å². The predicted octanol–water partition coefficient (Wildman–Crippen LogP) is 2.27. The van der Waals surface area contributed by atoms with E-state index in [4.69, 9.17) is 18.9 Å². The van der Waals surface area contributed by atoms with E-state index in [-0.39, 0.29) is 5.48 Å². The second-order valence-electron chi connectivity index (χ2n) is 7.36. The van der Waals surface area contributed by atoms with Gasteiger partial charge in [0.25, 0.3) is 0 Å². The van der Waals surface area contributed by atoms with Crippen molar-refractivity contribution in [3.05, 3.63) is 97.1 Å². The summed E-state index contributed by atoms with van der Waals surface area (Å²) in [4.78, 5) is 0. The van der Waals surface area contributed by atoms with Crippen molar-refractivity contribution in [2.24, 2.45) is 0 Å². The molecule has 0 amide bonds. The van der Waals surface area contributed by atoms with Gasteiger partial charge in [-0.15, -0.1) is 0 Å². The first kappa shape index (κ1) is 25.5. The molecule has 0 bridgehead atoms. The van der Waals surface area contributed by atoms with Crippen LogP contribution in [0.1, 0.15) is 0 Å². The summed E-state index contributed by atoms with van der Waals surface area (Å²) >= 11 is -4.27. The van der Waals surface area contributed by atoms with Crippen LogP contribution in [0.25, 0.3) is 0 Å². The van der Waals surface area contributed by atoms with Crippen molar-refractivity contribution < 1.29 is 24.4 Å². The standard InChI is InChI=1S/4C7H7O.Bi.H2O/c4*1-8-7-5-3-2-4-6-7;;/h4*2-5H,1H3;;1H2. The zero-order chi connectivity index (χ0) is 23.3. The first-order valence-electron chi connectivity index (χ1n) is 10.7. The van der Waals surface area contributed by atoms with Crippen LogP contribution in [-0.4, -0.2) is 54.2 Å². The molecule has 0 spiro atoms. The molecule has 34 heavy (non-hydrogen) atoms. The van der Waals surface area contributed by atoms with Crippen LogP contribution in [0.3, 0.4) is 0 Å². The van der Waals surface area contributed by atoms with Gasteiger partial charge in [-0.25, -0.2) is 0 Å². The summed E-state index contributed by atoms with van der Waals surface area (Å²) in [5.74, 6) is 3.38. The molecule has 6 heteroatoms. The monoisotopic (exact) mass is 655 g/mol. The van der Waals surface area contributed by atoms with Gasteiger partial charge < -0.3 is 5.48 Å². The van der Waals surface area contributed by atoms with E-state index in [0.717, 1.165) is 23.0 Å². The molecule has 5 nitrogen and oxygen atoms in total. The van der Waals surface area contributed by atoms with E-state index < -0.39 is 20.3 Å². The van der Waals surface area contributed by atoms with Gasteiger partial charge in [0, 0.05) is 0 Å². The number of hydrogen-bond acceptors (Lipinski definition) is 4. The van der Waals surface area contributed by atoms with Gasteiger partial charge >= 0.3 is 201 Å². The minimum atomic E-state index is -4.27. The van der Waals surface area contributed by atoms with Crippen molar-refractivity contribution in [1.82, 2.24) is 0 Å². The van der Waals surface area contributed by atoms with Crippen LogP contribution in [0.4, 0.5) is 0 Å². The topological polar surface area (TPSA) is 68.4 Å². The Bertz CT molecular complexity index is 1050. The molecule has 0 aliphatic rings. The van der Waals surface area contributed by atoms with E-state index >= 15 is 0 Å². The van der Waals surface area contributed by atoms with Crippen molar-refractivity contribution in [1.29, 1.82) is 0 Å². The molecule has 177 valence electrons. The molecule has 4 rings (SSSR count). The summed E-state index contributed by atoms with van der Waals surface area (Å²) in [6, 6.07) is 33.2. The van der Waals surface area contributed by atoms with Crippen molar-refractivity contribution in [2.75, 3.05) is 28.4 Å². The number of methoxy groups -OCH3 is 4. The number of rotatable bonds is 8. The maximum atomic E-state index is 5.97. The molecule has 4 aromatic carbocycles. The summed E-state index contributed by atoms with van der Waals surface area (Å²) < 4.78 is 28.5. The summed E-state index contributed by atoms with van der Waals surface area (Å²) in [6.07, 6.45) is 0. The Morgan fingerprint density at radius 1 is 0.382 bits per heavy atom. The zero-order valence-corrected chi connectivity index (χ0v) is 23.3. The van der Waals surface area contributed by atoms with Gasteiger partial charge in [0.15, 0.2) is 0 Å². The number of hydrogen-bond donors (Lipinski definition) is 0. The molecule has 0 fully saturated rings. The van der Waals surface area contributed by atoms with Crippen molar-refractivity contribution in [3.63, 3.8) is 0 Å². The molecule has 0 aliphatic heterocycles. The van der Waals surface area contributed by atoms with Crippen LogP contribution >= 0.6 is 0 Å². The third-order valence-corrected chi connectivity index (χ3v) is 22.8. The minimum Gasteiger partial charge on any atom is -0.412 e. The fourth-order valence-corrected chi connectivity index (χ4v) is 23.0. The van der Waals surface area contributed by atoms with E-state index in [0.29, 0.717) is 0 Å². The Hall–Kier alpha value is -3.08. The van der Waals surface area contributed by atoms with Crippen LogP contribution in [0.2, 0.25) is 0 Å². The molecular formula is C28H30BiO5. The molecule has 0 saturated heterocycles. The summed E-state index contributed by atoms with van der Waals surface area (Å²) in [7, 11) is 6.90. The Balaban J connectivity index is 0.00000324. The molecule has 4 aromatic rings. The molecule has 0 aromatic heterocycles. The average Bonchev–Trinajstić information content (AvgIpc) is 2.90. The zero-order valence-electron chi connectivity index (χ0n) is 19.8.